The van der Waals surface area contributed by atoms with Gasteiger partial charge < -0.3 is 10.4 Å². The molecule has 0 aliphatic carbocycles. The van der Waals surface area contributed by atoms with Gasteiger partial charge in [-0.05, 0) is 39.0 Å². The van der Waals surface area contributed by atoms with Crippen molar-refractivity contribution in [2.75, 3.05) is 0 Å². The summed E-state index contributed by atoms with van der Waals surface area (Å²) in [4.78, 5) is 12.0. The average molecular weight is 276 g/mol. The van der Waals surface area contributed by atoms with Crippen LogP contribution >= 0.6 is 23.2 Å². The largest absolute Gasteiger partial charge is 0.508 e. The Hall–Kier alpha value is -0.930. The van der Waals surface area contributed by atoms with E-state index < -0.39 is 5.54 Å². The third kappa shape index (κ3) is 3.51. The van der Waals surface area contributed by atoms with Crippen LogP contribution in [-0.4, -0.2) is 21.9 Å². The fourth-order valence-corrected chi connectivity index (χ4v) is 1.40. The summed E-state index contributed by atoms with van der Waals surface area (Å²) in [6, 6.07) is 4.23. The van der Waals surface area contributed by atoms with Crippen molar-refractivity contribution in [3.05, 3.63) is 28.8 Å². The molecule has 2 N–H and O–H groups in total. The van der Waals surface area contributed by atoms with Crippen LogP contribution < -0.4 is 5.32 Å². The number of phenolic OH excluding ortho intramolecular Hbond substituents is 1. The molecular formula is C12H15Cl2NO2. The van der Waals surface area contributed by atoms with E-state index >= 15 is 0 Å². The third-order valence-corrected chi connectivity index (χ3v) is 3.50. The maximum absolute atomic E-state index is 12.0. The van der Waals surface area contributed by atoms with Gasteiger partial charge in [0, 0.05) is 0 Å². The molecule has 0 aromatic heterocycles. The molecule has 1 rings (SSSR count). The molecule has 1 unspecified atom stereocenters. The highest BCUT2D eigenvalue weighted by Crippen LogP contribution is 2.23. The van der Waals surface area contributed by atoms with Crippen molar-refractivity contribution in [2.45, 2.75) is 31.7 Å². The molecule has 0 aliphatic rings. The molecule has 17 heavy (non-hydrogen) atoms. The molecule has 94 valence electrons. The zero-order valence-electron chi connectivity index (χ0n) is 9.92. The van der Waals surface area contributed by atoms with Gasteiger partial charge in [0.05, 0.1) is 21.5 Å². The SMILES string of the molecule is CC(Cl)C(C)(C)NC(=O)c1cc(O)ccc1Cl. The number of phenols is 1. The van der Waals surface area contributed by atoms with E-state index in [0.717, 1.165) is 0 Å². The van der Waals surface area contributed by atoms with E-state index in [4.69, 9.17) is 23.2 Å². The molecule has 3 nitrogen and oxygen atoms in total. The smallest absolute Gasteiger partial charge is 0.253 e. The predicted molar refractivity (Wildman–Crippen MR) is 70.0 cm³/mol. The minimum atomic E-state index is -0.562. The number of carbonyl (C=O) groups is 1. The summed E-state index contributed by atoms with van der Waals surface area (Å²) >= 11 is 11.9. The number of hydrogen-bond donors (Lipinski definition) is 2. The molecular weight excluding hydrogens is 261 g/mol. The van der Waals surface area contributed by atoms with Gasteiger partial charge in [0.15, 0.2) is 0 Å². The third-order valence-electron chi connectivity index (χ3n) is 2.62. The van der Waals surface area contributed by atoms with Gasteiger partial charge in [-0.2, -0.15) is 0 Å². The second kappa shape index (κ2) is 5.15. The van der Waals surface area contributed by atoms with Crippen molar-refractivity contribution in [1.82, 2.24) is 5.32 Å². The molecule has 1 aromatic rings. The number of amides is 1. The average Bonchev–Trinajstić information content (AvgIpc) is 2.20. The van der Waals surface area contributed by atoms with Crippen LogP contribution in [-0.2, 0) is 0 Å². The zero-order valence-corrected chi connectivity index (χ0v) is 11.4. The van der Waals surface area contributed by atoms with E-state index in [-0.39, 0.29) is 22.6 Å². The molecule has 1 aromatic carbocycles. The van der Waals surface area contributed by atoms with Gasteiger partial charge in [-0.25, -0.2) is 0 Å². The lowest BCUT2D eigenvalue weighted by molar-refractivity contribution is 0.0912. The van der Waals surface area contributed by atoms with Crippen LogP contribution in [0.3, 0.4) is 0 Å². The molecule has 5 heteroatoms. The minimum Gasteiger partial charge on any atom is -0.508 e. The molecule has 0 aliphatic heterocycles. The Balaban J connectivity index is 2.94. The summed E-state index contributed by atoms with van der Waals surface area (Å²) in [6.45, 7) is 5.43. The maximum Gasteiger partial charge on any atom is 0.253 e. The lowest BCUT2D eigenvalue weighted by Crippen LogP contribution is -2.49. The van der Waals surface area contributed by atoms with E-state index in [2.05, 4.69) is 5.32 Å². The van der Waals surface area contributed by atoms with Crippen molar-refractivity contribution in [2.24, 2.45) is 0 Å². The number of carbonyl (C=O) groups excluding carboxylic acids is 1. The second-order valence-corrected chi connectivity index (χ2v) is 5.52. The van der Waals surface area contributed by atoms with Gasteiger partial charge in [0.1, 0.15) is 5.75 Å². The Morgan fingerprint density at radius 2 is 2.06 bits per heavy atom. The summed E-state index contributed by atoms with van der Waals surface area (Å²) in [6.07, 6.45) is 0. The Kier molecular flexibility index (Phi) is 4.28. The van der Waals surface area contributed by atoms with E-state index in [1.807, 2.05) is 13.8 Å². The van der Waals surface area contributed by atoms with Crippen molar-refractivity contribution in [3.8, 4) is 5.75 Å². The summed E-state index contributed by atoms with van der Waals surface area (Å²) in [7, 11) is 0. The Morgan fingerprint density at radius 3 is 2.59 bits per heavy atom. The first kappa shape index (κ1) is 14.1. The highest BCUT2D eigenvalue weighted by Gasteiger charge is 2.27. The molecule has 0 spiro atoms. The van der Waals surface area contributed by atoms with E-state index in [1.165, 1.54) is 18.2 Å². The molecule has 0 radical (unpaired) electrons. The fraction of sp³-hybridized carbons (Fsp3) is 0.417. The lowest BCUT2D eigenvalue weighted by Gasteiger charge is -2.29. The normalized spacial score (nSPS) is 13.2. The number of rotatable bonds is 3. The first-order valence-electron chi connectivity index (χ1n) is 5.19. The standard InChI is InChI=1S/C12H15Cl2NO2/c1-7(13)12(2,3)15-11(17)9-6-8(16)4-5-10(9)14/h4-7,16H,1-3H3,(H,15,17). The molecule has 0 heterocycles. The summed E-state index contributed by atoms with van der Waals surface area (Å²) < 4.78 is 0. The second-order valence-electron chi connectivity index (χ2n) is 4.46. The van der Waals surface area contributed by atoms with E-state index in [9.17, 15) is 9.90 Å². The number of hydrogen-bond acceptors (Lipinski definition) is 2. The minimum absolute atomic E-state index is 0.00345. The molecule has 1 amide bonds. The number of nitrogens with one attached hydrogen (secondary N) is 1. The maximum atomic E-state index is 12.0. The van der Waals surface area contributed by atoms with Gasteiger partial charge in [0.25, 0.3) is 5.91 Å². The topological polar surface area (TPSA) is 49.3 Å². The predicted octanol–water partition coefficient (Wildman–Crippen LogP) is 3.18. The lowest BCUT2D eigenvalue weighted by atomic mass is 10.0. The van der Waals surface area contributed by atoms with Gasteiger partial charge >= 0.3 is 0 Å². The van der Waals surface area contributed by atoms with Crippen LogP contribution in [0.15, 0.2) is 18.2 Å². The highest BCUT2D eigenvalue weighted by molar-refractivity contribution is 6.34. The molecule has 0 fully saturated rings. The van der Waals surface area contributed by atoms with Crippen molar-refractivity contribution in [3.63, 3.8) is 0 Å². The van der Waals surface area contributed by atoms with Crippen molar-refractivity contribution in [1.29, 1.82) is 0 Å². The molecule has 0 bridgehead atoms. The quantitative estimate of drug-likeness (QED) is 0.833. The van der Waals surface area contributed by atoms with Crippen LogP contribution in [0.25, 0.3) is 0 Å². The first-order chi connectivity index (χ1) is 7.74. The summed E-state index contributed by atoms with van der Waals surface area (Å²) in [5.41, 5.74) is -0.329. The van der Waals surface area contributed by atoms with Gasteiger partial charge in [-0.1, -0.05) is 11.6 Å². The summed E-state index contributed by atoms with van der Waals surface area (Å²) in [5.74, 6) is -0.361. The van der Waals surface area contributed by atoms with Gasteiger partial charge in [-0.3, -0.25) is 4.79 Å². The van der Waals surface area contributed by atoms with Crippen molar-refractivity contribution < 1.29 is 9.90 Å². The number of halogens is 2. The zero-order chi connectivity index (χ0) is 13.2. The summed E-state index contributed by atoms with van der Waals surface area (Å²) in [5, 5.41) is 12.2. The monoisotopic (exact) mass is 275 g/mol. The van der Waals surface area contributed by atoms with Gasteiger partial charge in [-0.15, -0.1) is 11.6 Å². The first-order valence-corrected chi connectivity index (χ1v) is 6.00. The van der Waals surface area contributed by atoms with Crippen molar-refractivity contribution >= 4 is 29.1 Å². The van der Waals surface area contributed by atoms with Crippen LogP contribution in [0.1, 0.15) is 31.1 Å². The Morgan fingerprint density at radius 1 is 1.47 bits per heavy atom. The molecule has 1 atom stereocenters. The Bertz CT molecular complexity index is 431. The van der Waals surface area contributed by atoms with Crippen LogP contribution in [0.4, 0.5) is 0 Å². The number of alkyl halides is 1. The molecule has 0 saturated heterocycles. The molecule has 0 saturated carbocycles. The Labute approximate surface area is 111 Å². The highest BCUT2D eigenvalue weighted by atomic mass is 35.5. The van der Waals surface area contributed by atoms with Crippen LogP contribution in [0.5, 0.6) is 5.75 Å². The number of aromatic hydroxyl groups is 1. The fourth-order valence-electron chi connectivity index (χ4n) is 1.15. The van der Waals surface area contributed by atoms with E-state index in [0.29, 0.717) is 5.02 Å². The van der Waals surface area contributed by atoms with E-state index in [1.54, 1.807) is 6.92 Å². The van der Waals surface area contributed by atoms with Crippen LogP contribution in [0, 0.1) is 0 Å². The van der Waals surface area contributed by atoms with Gasteiger partial charge in [0.2, 0.25) is 0 Å². The number of benzene rings is 1. The van der Waals surface area contributed by atoms with Crippen LogP contribution in [0.2, 0.25) is 5.02 Å².